The molecule has 0 saturated carbocycles. The van der Waals surface area contributed by atoms with Crippen LogP contribution in [0.2, 0.25) is 0 Å². The Morgan fingerprint density at radius 3 is 2.53 bits per heavy atom. The van der Waals surface area contributed by atoms with Gasteiger partial charge in [0.05, 0.1) is 17.6 Å². The van der Waals surface area contributed by atoms with E-state index >= 15 is 0 Å². The van der Waals surface area contributed by atoms with E-state index in [1.807, 2.05) is 0 Å². The molecule has 19 heavy (non-hydrogen) atoms. The van der Waals surface area contributed by atoms with Crippen LogP contribution in [-0.4, -0.2) is 33.5 Å². The summed E-state index contributed by atoms with van der Waals surface area (Å²) in [7, 11) is -3.49. The summed E-state index contributed by atoms with van der Waals surface area (Å²) in [6.07, 6.45) is -0.256. The molecule has 1 aromatic rings. The Balaban J connectivity index is 1.97. The first-order valence-corrected chi connectivity index (χ1v) is 8.42. The summed E-state index contributed by atoms with van der Waals surface area (Å²) in [6.45, 7) is 4.21. The fraction of sp³-hybridized carbons (Fsp3) is 0.500. The van der Waals surface area contributed by atoms with Crippen molar-refractivity contribution in [3.05, 3.63) is 27.8 Å². The number of hydrogen-bond acceptors (Lipinski definition) is 4. The highest BCUT2D eigenvalue weighted by molar-refractivity contribution is 14.1. The van der Waals surface area contributed by atoms with Crippen molar-refractivity contribution in [3.63, 3.8) is 0 Å². The molecule has 5 nitrogen and oxygen atoms in total. The molecule has 7 heteroatoms. The van der Waals surface area contributed by atoms with Gasteiger partial charge in [0, 0.05) is 10.1 Å². The highest BCUT2D eigenvalue weighted by atomic mass is 127. The van der Waals surface area contributed by atoms with Gasteiger partial charge in [0.1, 0.15) is 0 Å². The van der Waals surface area contributed by atoms with E-state index in [0.29, 0.717) is 6.61 Å². The van der Waals surface area contributed by atoms with Gasteiger partial charge in [-0.25, -0.2) is 13.1 Å². The Labute approximate surface area is 126 Å². The molecule has 1 heterocycles. The van der Waals surface area contributed by atoms with E-state index in [1.165, 1.54) is 0 Å². The topological polar surface area (TPSA) is 64.6 Å². The van der Waals surface area contributed by atoms with Gasteiger partial charge in [-0.05, 0) is 60.7 Å². The van der Waals surface area contributed by atoms with E-state index in [1.54, 1.807) is 38.1 Å². The standard InChI is InChI=1S/C12H16INO4S/c1-12(2)17-8-10(18-12)7-14-19(15,16)11-5-3-9(13)4-6-11/h3-6,10,14H,7-8H2,1-2H3. The second-order valence-corrected chi connectivity index (χ2v) is 7.77. The molecule has 1 aliphatic rings. The van der Waals surface area contributed by atoms with E-state index < -0.39 is 15.8 Å². The average Bonchev–Trinajstić information content (AvgIpc) is 2.67. The Hall–Kier alpha value is -0.220. The zero-order valence-electron chi connectivity index (χ0n) is 10.7. The first-order valence-electron chi connectivity index (χ1n) is 5.85. The number of halogens is 1. The van der Waals surface area contributed by atoms with Gasteiger partial charge in [-0.15, -0.1) is 0 Å². The van der Waals surface area contributed by atoms with E-state index in [9.17, 15) is 8.42 Å². The Kier molecular flexibility index (Phi) is 4.51. The predicted octanol–water partition coefficient (Wildman–Crippen LogP) is 1.72. The van der Waals surface area contributed by atoms with Gasteiger partial charge in [0.2, 0.25) is 10.0 Å². The maximum atomic E-state index is 12.1. The van der Waals surface area contributed by atoms with E-state index in [0.717, 1.165) is 3.57 Å². The second-order valence-electron chi connectivity index (χ2n) is 4.76. The van der Waals surface area contributed by atoms with Crippen LogP contribution in [0.4, 0.5) is 0 Å². The smallest absolute Gasteiger partial charge is 0.240 e. The molecule has 106 valence electrons. The van der Waals surface area contributed by atoms with Crippen molar-refractivity contribution >= 4 is 32.6 Å². The fourth-order valence-corrected chi connectivity index (χ4v) is 3.19. The summed E-state index contributed by atoms with van der Waals surface area (Å²) in [5.41, 5.74) is 0. The molecule has 1 aromatic carbocycles. The molecule has 1 N–H and O–H groups in total. The SMILES string of the molecule is CC1(C)OCC(CNS(=O)(=O)c2ccc(I)cc2)O1. The summed E-state index contributed by atoms with van der Waals surface area (Å²) in [5, 5.41) is 0. The van der Waals surface area contributed by atoms with E-state index in [4.69, 9.17) is 9.47 Å². The van der Waals surface area contributed by atoms with Crippen LogP contribution in [0.1, 0.15) is 13.8 Å². The molecule has 1 fully saturated rings. The summed E-state index contributed by atoms with van der Waals surface area (Å²) < 4.78 is 38.6. The summed E-state index contributed by atoms with van der Waals surface area (Å²) in [5.74, 6) is -0.640. The lowest BCUT2D eigenvalue weighted by Crippen LogP contribution is -2.34. The third-order valence-corrected chi connectivity index (χ3v) is 4.85. The zero-order chi connectivity index (χ0) is 14.1. The third kappa shape index (κ3) is 4.12. The number of rotatable bonds is 4. The normalized spacial score (nSPS) is 22.6. The highest BCUT2D eigenvalue weighted by Gasteiger charge is 2.33. The molecule has 2 rings (SSSR count). The van der Waals surface area contributed by atoms with Crippen molar-refractivity contribution < 1.29 is 17.9 Å². The molecule has 1 atom stereocenters. The van der Waals surface area contributed by atoms with Crippen molar-refractivity contribution in [3.8, 4) is 0 Å². The molecule has 0 spiro atoms. The monoisotopic (exact) mass is 397 g/mol. The number of ether oxygens (including phenoxy) is 2. The molecule has 0 radical (unpaired) electrons. The maximum Gasteiger partial charge on any atom is 0.240 e. The van der Waals surface area contributed by atoms with Gasteiger partial charge in [-0.1, -0.05) is 0 Å². The van der Waals surface area contributed by atoms with Crippen LogP contribution in [-0.2, 0) is 19.5 Å². The molecule has 0 aromatic heterocycles. The molecule has 1 unspecified atom stereocenters. The first-order chi connectivity index (χ1) is 8.78. The van der Waals surface area contributed by atoms with Crippen molar-refractivity contribution in [1.29, 1.82) is 0 Å². The van der Waals surface area contributed by atoms with Gasteiger partial charge in [0.25, 0.3) is 0 Å². The average molecular weight is 397 g/mol. The number of benzene rings is 1. The van der Waals surface area contributed by atoms with Gasteiger partial charge in [-0.3, -0.25) is 0 Å². The maximum absolute atomic E-state index is 12.1. The molecule has 0 aliphatic carbocycles. The molecular formula is C12H16INO4S. The van der Waals surface area contributed by atoms with Gasteiger partial charge in [0.15, 0.2) is 5.79 Å². The highest BCUT2D eigenvalue weighted by Crippen LogP contribution is 2.22. The number of sulfonamides is 1. The van der Waals surface area contributed by atoms with Crippen molar-refractivity contribution in [2.75, 3.05) is 13.2 Å². The quantitative estimate of drug-likeness (QED) is 0.787. The Morgan fingerprint density at radius 2 is 2.00 bits per heavy atom. The first kappa shape index (κ1) is 15.2. The minimum Gasteiger partial charge on any atom is -0.348 e. The Morgan fingerprint density at radius 1 is 1.37 bits per heavy atom. The second kappa shape index (κ2) is 5.65. The van der Waals surface area contributed by atoms with Gasteiger partial charge >= 0.3 is 0 Å². The van der Waals surface area contributed by atoms with Crippen LogP contribution >= 0.6 is 22.6 Å². The van der Waals surface area contributed by atoms with E-state index in [-0.39, 0.29) is 17.5 Å². The summed E-state index contributed by atoms with van der Waals surface area (Å²) in [4.78, 5) is 0.256. The molecule has 1 aliphatic heterocycles. The number of hydrogen-bond donors (Lipinski definition) is 1. The van der Waals surface area contributed by atoms with Gasteiger partial charge in [-0.2, -0.15) is 0 Å². The van der Waals surface area contributed by atoms with Crippen molar-refractivity contribution in [2.24, 2.45) is 0 Å². The minimum absolute atomic E-state index is 0.206. The molecule has 1 saturated heterocycles. The minimum atomic E-state index is -3.49. The van der Waals surface area contributed by atoms with Gasteiger partial charge < -0.3 is 9.47 Å². The summed E-state index contributed by atoms with van der Waals surface area (Å²) in [6, 6.07) is 6.68. The molecular weight excluding hydrogens is 381 g/mol. The lowest BCUT2D eigenvalue weighted by molar-refractivity contribution is -0.137. The molecule has 0 amide bonds. The largest absolute Gasteiger partial charge is 0.348 e. The van der Waals surface area contributed by atoms with Crippen LogP contribution in [0.15, 0.2) is 29.2 Å². The Bertz CT molecular complexity index is 541. The fourth-order valence-electron chi connectivity index (χ4n) is 1.76. The molecule has 0 bridgehead atoms. The lowest BCUT2D eigenvalue weighted by Gasteiger charge is -2.17. The van der Waals surface area contributed by atoms with Crippen LogP contribution < -0.4 is 4.72 Å². The predicted molar refractivity (Wildman–Crippen MR) is 79.3 cm³/mol. The van der Waals surface area contributed by atoms with E-state index in [2.05, 4.69) is 27.3 Å². The van der Waals surface area contributed by atoms with Crippen molar-refractivity contribution in [1.82, 2.24) is 4.72 Å². The van der Waals surface area contributed by atoms with Crippen LogP contribution in [0.5, 0.6) is 0 Å². The number of nitrogens with one attached hydrogen (secondary N) is 1. The lowest BCUT2D eigenvalue weighted by atomic mass is 10.4. The van der Waals surface area contributed by atoms with Crippen LogP contribution in [0.3, 0.4) is 0 Å². The summed E-state index contributed by atoms with van der Waals surface area (Å²) >= 11 is 2.13. The zero-order valence-corrected chi connectivity index (χ0v) is 13.7. The van der Waals surface area contributed by atoms with Crippen LogP contribution in [0.25, 0.3) is 0 Å². The van der Waals surface area contributed by atoms with Crippen molar-refractivity contribution in [2.45, 2.75) is 30.6 Å². The third-order valence-electron chi connectivity index (χ3n) is 2.69. The van der Waals surface area contributed by atoms with Crippen LogP contribution in [0, 0.1) is 3.57 Å².